The summed E-state index contributed by atoms with van der Waals surface area (Å²) in [6, 6.07) is 0. The van der Waals surface area contributed by atoms with Gasteiger partial charge in [0.25, 0.3) is 0 Å². The summed E-state index contributed by atoms with van der Waals surface area (Å²) in [5.41, 5.74) is 0.117. The Morgan fingerprint density at radius 3 is 2.40 bits per heavy atom. The smallest absolute Gasteiger partial charge is 0.155 e. The molecule has 0 N–H and O–H groups in total. The second kappa shape index (κ2) is 2.72. The van der Waals surface area contributed by atoms with E-state index in [1.165, 1.54) is 0 Å². The number of nitrogens with zero attached hydrogens (tertiary/aromatic N) is 1. The van der Waals surface area contributed by atoms with Crippen LogP contribution in [0, 0.1) is 0 Å². The molecule has 1 rings (SSSR count). The van der Waals surface area contributed by atoms with Gasteiger partial charge in [-0.25, -0.2) is 9.41 Å². The van der Waals surface area contributed by atoms with Crippen molar-refractivity contribution in [3.8, 4) is 0 Å². The Kier molecular flexibility index (Phi) is 2.28. The van der Waals surface area contributed by atoms with Crippen LogP contribution in [0.15, 0.2) is 0 Å². The summed E-state index contributed by atoms with van der Waals surface area (Å²) in [7, 11) is 0. The number of hydrogen-bond donors (Lipinski definition) is 0. The van der Waals surface area contributed by atoms with Crippen molar-refractivity contribution in [2.24, 2.45) is 0 Å². The average Bonchev–Trinajstić information content (AvgIpc) is 2.07. The largest absolute Gasteiger partial charge is 0.215 e. The Bertz CT molecular complexity index is 127. The summed E-state index contributed by atoms with van der Waals surface area (Å²) in [5, 5.41) is 11.2. The van der Waals surface area contributed by atoms with Crippen molar-refractivity contribution in [1.82, 2.24) is 4.31 Å². The molecule has 0 aromatic rings. The molecule has 3 heteroatoms. The normalized spacial score (nSPS) is 33.0. The summed E-state index contributed by atoms with van der Waals surface area (Å²) >= 11 is 1.57. The molecule has 0 aliphatic carbocycles. The van der Waals surface area contributed by atoms with E-state index in [2.05, 4.69) is 13.8 Å². The summed E-state index contributed by atoms with van der Waals surface area (Å²) in [6.45, 7) is 4.25. The summed E-state index contributed by atoms with van der Waals surface area (Å²) in [5.74, 6) is 0. The van der Waals surface area contributed by atoms with Gasteiger partial charge in [0.15, 0.2) is 6.23 Å². The number of rotatable bonds is 1. The van der Waals surface area contributed by atoms with Crippen LogP contribution in [0.3, 0.4) is 0 Å². The van der Waals surface area contributed by atoms with Crippen molar-refractivity contribution >= 4 is 11.9 Å². The second-order valence-corrected chi connectivity index (χ2v) is 4.07. The minimum Gasteiger partial charge on any atom is -0.215 e. The van der Waals surface area contributed by atoms with E-state index in [9.17, 15) is 5.11 Å². The van der Waals surface area contributed by atoms with Crippen LogP contribution in [-0.4, -0.2) is 22.3 Å². The lowest BCUT2D eigenvalue weighted by Crippen LogP contribution is -2.36. The molecule has 1 heterocycles. The van der Waals surface area contributed by atoms with Crippen LogP contribution in [-0.2, 0) is 5.11 Å². The van der Waals surface area contributed by atoms with Crippen LogP contribution < -0.4 is 0 Å². The van der Waals surface area contributed by atoms with E-state index in [1.54, 1.807) is 11.9 Å². The predicted molar refractivity (Wildman–Crippen MR) is 43.1 cm³/mol. The van der Waals surface area contributed by atoms with Crippen molar-refractivity contribution in [2.45, 2.75) is 38.5 Å². The van der Waals surface area contributed by atoms with Crippen molar-refractivity contribution in [2.75, 3.05) is 6.26 Å². The first kappa shape index (κ1) is 8.37. The van der Waals surface area contributed by atoms with Gasteiger partial charge in [-0.15, -0.1) is 0 Å². The molecule has 0 aromatic heterocycles. The fourth-order valence-corrected chi connectivity index (χ4v) is 2.38. The lowest BCUT2D eigenvalue weighted by Gasteiger charge is -2.29. The summed E-state index contributed by atoms with van der Waals surface area (Å²) in [4.78, 5) is 0. The van der Waals surface area contributed by atoms with Gasteiger partial charge < -0.3 is 0 Å². The molecule has 1 fully saturated rings. The maximum atomic E-state index is 11.2. The van der Waals surface area contributed by atoms with E-state index in [0.717, 1.165) is 12.8 Å². The molecule has 59 valence electrons. The molecule has 1 saturated heterocycles. The zero-order valence-electron chi connectivity index (χ0n) is 6.76. The molecule has 0 saturated carbocycles. The highest BCUT2D eigenvalue weighted by molar-refractivity contribution is 7.96. The highest BCUT2D eigenvalue weighted by Gasteiger charge is 2.38. The van der Waals surface area contributed by atoms with Crippen molar-refractivity contribution < 1.29 is 5.11 Å². The van der Waals surface area contributed by atoms with Crippen molar-refractivity contribution in [1.29, 1.82) is 0 Å². The molecule has 0 bridgehead atoms. The van der Waals surface area contributed by atoms with Crippen LogP contribution in [0.25, 0.3) is 0 Å². The van der Waals surface area contributed by atoms with Crippen LogP contribution in [0.5, 0.6) is 0 Å². The number of hydrogen-bond acceptors (Lipinski definition) is 2. The topological polar surface area (TPSA) is 23.1 Å². The van der Waals surface area contributed by atoms with Gasteiger partial charge in [0, 0.05) is 5.54 Å². The Hall–Kier alpha value is 0.270. The minimum atomic E-state index is -0.481. The molecule has 0 amide bonds. The Labute approximate surface area is 66.7 Å². The molecule has 1 atom stereocenters. The molecule has 10 heavy (non-hydrogen) atoms. The molecule has 1 aliphatic rings. The van der Waals surface area contributed by atoms with Crippen molar-refractivity contribution in [3.63, 3.8) is 0 Å². The van der Waals surface area contributed by atoms with Crippen molar-refractivity contribution in [3.05, 3.63) is 0 Å². The predicted octanol–water partition coefficient (Wildman–Crippen LogP) is 1.90. The Balaban J connectivity index is 2.63. The lowest BCUT2D eigenvalue weighted by atomic mass is 10.0. The first-order chi connectivity index (χ1) is 4.58. The van der Waals surface area contributed by atoms with Gasteiger partial charge in [-0.05, 0) is 32.9 Å². The van der Waals surface area contributed by atoms with Crippen LogP contribution in [0.1, 0.15) is 26.7 Å². The SMILES string of the molecule is CSN1C([O])CCC1(C)C. The molecule has 1 radical (unpaired) electrons. The van der Waals surface area contributed by atoms with E-state index in [0.29, 0.717) is 0 Å². The molecular formula is C7H14NOS. The van der Waals surface area contributed by atoms with Gasteiger partial charge in [0.05, 0.1) is 0 Å². The van der Waals surface area contributed by atoms with E-state index in [4.69, 9.17) is 0 Å². The zero-order valence-corrected chi connectivity index (χ0v) is 7.57. The zero-order chi connectivity index (χ0) is 7.78. The fraction of sp³-hybridized carbons (Fsp3) is 1.00. The minimum absolute atomic E-state index is 0.117. The van der Waals surface area contributed by atoms with E-state index in [1.807, 2.05) is 10.6 Å². The van der Waals surface area contributed by atoms with Gasteiger partial charge in [-0.3, -0.25) is 0 Å². The standard InChI is InChI=1S/C7H14NOS/c1-7(2)5-4-6(9)8(7)10-3/h6H,4-5H2,1-3H3. The van der Waals surface area contributed by atoms with Gasteiger partial charge in [-0.2, -0.15) is 0 Å². The highest BCUT2D eigenvalue weighted by Crippen LogP contribution is 2.36. The van der Waals surface area contributed by atoms with E-state index >= 15 is 0 Å². The van der Waals surface area contributed by atoms with Gasteiger partial charge in [0.2, 0.25) is 0 Å². The molecule has 1 unspecified atom stereocenters. The third-order valence-electron chi connectivity index (χ3n) is 2.06. The summed E-state index contributed by atoms with van der Waals surface area (Å²) < 4.78 is 1.95. The van der Waals surface area contributed by atoms with Crippen LogP contribution in [0.4, 0.5) is 0 Å². The molecule has 0 aromatic carbocycles. The van der Waals surface area contributed by atoms with Gasteiger partial charge in [-0.1, -0.05) is 11.9 Å². The molecule has 1 aliphatic heterocycles. The van der Waals surface area contributed by atoms with E-state index < -0.39 is 6.23 Å². The average molecular weight is 160 g/mol. The van der Waals surface area contributed by atoms with Crippen LogP contribution in [0.2, 0.25) is 0 Å². The third kappa shape index (κ3) is 1.31. The Morgan fingerprint density at radius 2 is 2.20 bits per heavy atom. The van der Waals surface area contributed by atoms with Gasteiger partial charge in [0.1, 0.15) is 0 Å². The molecule has 0 spiro atoms. The maximum Gasteiger partial charge on any atom is 0.155 e. The monoisotopic (exact) mass is 160 g/mol. The van der Waals surface area contributed by atoms with Crippen LogP contribution >= 0.6 is 11.9 Å². The second-order valence-electron chi connectivity index (χ2n) is 3.31. The first-order valence-corrected chi connectivity index (χ1v) is 4.75. The third-order valence-corrected chi connectivity index (χ3v) is 3.18. The lowest BCUT2D eigenvalue weighted by molar-refractivity contribution is 0.00771. The molecular weight excluding hydrogens is 146 g/mol. The highest BCUT2D eigenvalue weighted by atomic mass is 32.2. The van der Waals surface area contributed by atoms with E-state index in [-0.39, 0.29) is 5.54 Å². The quantitative estimate of drug-likeness (QED) is 0.547. The molecule has 2 nitrogen and oxygen atoms in total. The first-order valence-electron chi connectivity index (χ1n) is 3.57. The fourth-order valence-electron chi connectivity index (χ4n) is 1.46. The van der Waals surface area contributed by atoms with Gasteiger partial charge >= 0.3 is 0 Å². The maximum absolute atomic E-state index is 11.2. The Morgan fingerprint density at radius 1 is 1.60 bits per heavy atom. The summed E-state index contributed by atoms with van der Waals surface area (Å²) in [6.07, 6.45) is 3.32.